The smallest absolute Gasteiger partial charge is 0.319 e. The Bertz CT molecular complexity index is 696. The van der Waals surface area contributed by atoms with Gasteiger partial charge in [-0.25, -0.2) is 5.01 Å². The van der Waals surface area contributed by atoms with Gasteiger partial charge in [-0.3, -0.25) is 19.9 Å². The third-order valence-corrected chi connectivity index (χ3v) is 4.79. The van der Waals surface area contributed by atoms with Crippen molar-refractivity contribution in [3.63, 3.8) is 0 Å². The molecule has 0 unspecified atom stereocenters. The second kappa shape index (κ2) is 12.4. The summed E-state index contributed by atoms with van der Waals surface area (Å²) >= 11 is 4.61. The molecule has 1 fully saturated rings. The summed E-state index contributed by atoms with van der Waals surface area (Å²) in [7, 11) is 0. The van der Waals surface area contributed by atoms with E-state index in [0.717, 1.165) is 30.8 Å². The molecule has 1 aliphatic heterocycles. The maximum Gasteiger partial charge on any atom is 0.319 e. The van der Waals surface area contributed by atoms with Gasteiger partial charge in [0.25, 0.3) is 0 Å². The average Bonchev–Trinajstić information content (AvgIpc) is 2.67. The molecule has 0 aliphatic carbocycles. The first kappa shape index (κ1) is 23.1. The second-order valence-electron chi connectivity index (χ2n) is 6.85. The molecule has 2 rings (SSSR count). The number of carboxylic acid groups (broad SMARTS) is 2. The predicted octanol–water partition coefficient (Wildman–Crippen LogP) is 0.557. The van der Waals surface area contributed by atoms with Crippen molar-refractivity contribution < 1.29 is 19.8 Å². The minimum absolute atomic E-state index is 0.0314. The lowest BCUT2D eigenvalue weighted by molar-refractivity contribution is -0.139. The van der Waals surface area contributed by atoms with Gasteiger partial charge in [-0.15, -0.1) is 0 Å². The molecule has 1 heterocycles. The lowest BCUT2D eigenvalue weighted by Crippen LogP contribution is -2.51. The van der Waals surface area contributed by atoms with E-state index in [1.807, 2.05) is 29.2 Å². The van der Waals surface area contributed by atoms with Crippen LogP contribution in [0.25, 0.3) is 0 Å². The third kappa shape index (κ3) is 9.23. The van der Waals surface area contributed by atoms with E-state index in [4.69, 9.17) is 10.2 Å². The van der Waals surface area contributed by atoms with Crippen LogP contribution < -0.4 is 5.43 Å². The first-order chi connectivity index (χ1) is 14.0. The monoisotopic (exact) mass is 421 g/mol. The van der Waals surface area contributed by atoms with Crippen molar-refractivity contribution in [3.05, 3.63) is 29.8 Å². The summed E-state index contributed by atoms with van der Waals surface area (Å²) in [5.74, 6) is -1.77. The molecule has 0 amide bonds. The molecule has 0 bridgehead atoms. The Morgan fingerprint density at radius 2 is 1.66 bits per heavy atom. The molecule has 9 nitrogen and oxygen atoms in total. The van der Waals surface area contributed by atoms with Gasteiger partial charge in [0.2, 0.25) is 0 Å². The number of aliphatic imine (C=N–C) groups is 1. The summed E-state index contributed by atoms with van der Waals surface area (Å²) in [6.07, 6.45) is 0.826. The van der Waals surface area contributed by atoms with E-state index in [0.29, 0.717) is 32.7 Å². The number of rotatable bonds is 8. The van der Waals surface area contributed by atoms with Gasteiger partial charge in [0.15, 0.2) is 0 Å². The van der Waals surface area contributed by atoms with E-state index >= 15 is 0 Å². The number of hydrogen-bond acceptors (Lipinski definition) is 8. The number of benzene rings is 1. The lowest BCUT2D eigenvalue weighted by atomic mass is 10.1. The molecule has 0 atom stereocenters. The predicted molar refractivity (Wildman–Crippen MR) is 113 cm³/mol. The molecule has 29 heavy (non-hydrogen) atoms. The van der Waals surface area contributed by atoms with Crippen LogP contribution in [0.4, 0.5) is 5.69 Å². The van der Waals surface area contributed by atoms with E-state index in [1.54, 1.807) is 5.01 Å². The molecule has 158 valence electrons. The number of nitrogens with one attached hydrogen (secondary N) is 1. The van der Waals surface area contributed by atoms with Gasteiger partial charge in [0.05, 0.1) is 17.4 Å². The average molecular weight is 422 g/mol. The van der Waals surface area contributed by atoms with E-state index in [9.17, 15) is 9.59 Å². The maximum atomic E-state index is 11.1. The summed E-state index contributed by atoms with van der Waals surface area (Å²) in [5.41, 5.74) is 5.03. The van der Waals surface area contributed by atoms with E-state index in [-0.39, 0.29) is 13.1 Å². The Morgan fingerprint density at radius 3 is 2.31 bits per heavy atom. The van der Waals surface area contributed by atoms with Crippen molar-refractivity contribution in [1.82, 2.24) is 20.2 Å². The van der Waals surface area contributed by atoms with Crippen LogP contribution in [0, 0.1) is 0 Å². The zero-order valence-electron chi connectivity index (χ0n) is 16.3. The molecule has 0 aromatic heterocycles. The minimum Gasteiger partial charge on any atom is -0.480 e. The molecule has 0 saturated carbocycles. The molecular weight excluding hydrogens is 394 g/mol. The highest BCUT2D eigenvalue weighted by atomic mass is 32.1. The van der Waals surface area contributed by atoms with E-state index < -0.39 is 11.9 Å². The zero-order valence-corrected chi connectivity index (χ0v) is 17.1. The van der Waals surface area contributed by atoms with Gasteiger partial charge in [-0.1, -0.05) is 12.1 Å². The molecule has 1 aliphatic rings. The fourth-order valence-corrected chi connectivity index (χ4v) is 3.27. The standard InChI is InChI=1S/C19H27N5O4S/c25-18(26)13-23-8-6-21-24(14-19(27)28)12-11-22(9-10-23)7-5-16-1-3-17(4-2-16)20-15-29/h1-4,21H,5-14H2,(H,25,26)(H,27,28). The molecule has 3 N–H and O–H groups in total. The van der Waals surface area contributed by atoms with Gasteiger partial charge < -0.3 is 15.1 Å². The summed E-state index contributed by atoms with van der Waals surface area (Å²) in [6.45, 7) is 4.34. The number of hydrazine groups is 1. The Balaban J connectivity index is 1.98. The second-order valence-corrected chi connectivity index (χ2v) is 7.04. The van der Waals surface area contributed by atoms with Crippen molar-refractivity contribution in [1.29, 1.82) is 0 Å². The Hall–Kier alpha value is -2.20. The van der Waals surface area contributed by atoms with Crippen molar-refractivity contribution >= 4 is 35.0 Å². The van der Waals surface area contributed by atoms with E-state index in [2.05, 4.69) is 32.7 Å². The van der Waals surface area contributed by atoms with Crippen molar-refractivity contribution in [2.45, 2.75) is 6.42 Å². The van der Waals surface area contributed by atoms with Gasteiger partial charge in [-0.05, 0) is 36.3 Å². The summed E-state index contributed by atoms with van der Waals surface area (Å²) in [5, 5.41) is 22.2. The number of carboxylic acids is 2. The molecule has 0 radical (unpaired) electrons. The van der Waals surface area contributed by atoms with Crippen LogP contribution >= 0.6 is 12.2 Å². The number of isothiocyanates is 1. The number of hydrogen-bond donors (Lipinski definition) is 3. The normalized spacial score (nSPS) is 17.4. The molecule has 1 aromatic carbocycles. The zero-order chi connectivity index (χ0) is 21.1. The number of carbonyl (C=O) groups is 2. The van der Waals surface area contributed by atoms with Crippen LogP contribution in [0.3, 0.4) is 0 Å². The van der Waals surface area contributed by atoms with Crippen molar-refractivity contribution in [3.8, 4) is 0 Å². The number of thiocarbonyl (C=S) groups is 1. The number of aliphatic carboxylic acids is 2. The quantitative estimate of drug-likeness (QED) is 0.410. The largest absolute Gasteiger partial charge is 0.480 e. The van der Waals surface area contributed by atoms with Crippen LogP contribution in [0.1, 0.15) is 5.56 Å². The molecular formula is C19H27N5O4S. The molecule has 0 spiro atoms. The summed E-state index contributed by atoms with van der Waals surface area (Å²) in [6, 6.07) is 7.79. The Kier molecular flexibility index (Phi) is 9.85. The minimum atomic E-state index is -0.900. The Labute approximate surface area is 175 Å². The van der Waals surface area contributed by atoms with Gasteiger partial charge in [0.1, 0.15) is 6.54 Å². The third-order valence-electron chi connectivity index (χ3n) is 4.69. The topological polar surface area (TPSA) is 109 Å². The van der Waals surface area contributed by atoms with Crippen LogP contribution in [-0.4, -0.2) is 101 Å². The SMILES string of the molecule is O=C(O)CN1CCNN(CC(=O)O)CCN(CCc2ccc(N=C=S)cc2)CC1. The van der Waals surface area contributed by atoms with Crippen LogP contribution in [-0.2, 0) is 16.0 Å². The van der Waals surface area contributed by atoms with Crippen molar-refractivity contribution in [2.24, 2.45) is 4.99 Å². The van der Waals surface area contributed by atoms with E-state index in [1.165, 1.54) is 0 Å². The van der Waals surface area contributed by atoms with Crippen LogP contribution in [0.15, 0.2) is 29.3 Å². The summed E-state index contributed by atoms with van der Waals surface area (Å²) < 4.78 is 0. The van der Waals surface area contributed by atoms with Gasteiger partial charge in [0, 0.05) is 45.8 Å². The number of nitrogens with zero attached hydrogens (tertiary/aromatic N) is 4. The Morgan fingerprint density at radius 1 is 1.00 bits per heavy atom. The van der Waals surface area contributed by atoms with Crippen LogP contribution in [0.5, 0.6) is 0 Å². The van der Waals surface area contributed by atoms with Gasteiger partial charge in [-0.2, -0.15) is 4.99 Å². The lowest BCUT2D eigenvalue weighted by Gasteiger charge is -2.32. The molecule has 10 heteroatoms. The maximum absolute atomic E-state index is 11.1. The van der Waals surface area contributed by atoms with Crippen molar-refractivity contribution in [2.75, 3.05) is 58.9 Å². The summed E-state index contributed by atoms with van der Waals surface area (Å²) in [4.78, 5) is 30.3. The highest BCUT2D eigenvalue weighted by Gasteiger charge is 2.17. The fourth-order valence-electron chi connectivity index (χ4n) is 3.16. The molecule has 1 aromatic rings. The highest BCUT2D eigenvalue weighted by molar-refractivity contribution is 7.78. The fraction of sp³-hybridized carbons (Fsp3) is 0.526. The van der Waals surface area contributed by atoms with Gasteiger partial charge >= 0.3 is 11.9 Å². The van der Waals surface area contributed by atoms with Crippen LogP contribution in [0.2, 0.25) is 0 Å². The first-order valence-corrected chi connectivity index (χ1v) is 9.90. The molecule has 1 saturated heterocycles. The highest BCUT2D eigenvalue weighted by Crippen LogP contribution is 2.13. The first-order valence-electron chi connectivity index (χ1n) is 9.50.